The van der Waals surface area contributed by atoms with Crippen LogP contribution in [0.2, 0.25) is 0 Å². The summed E-state index contributed by atoms with van der Waals surface area (Å²) < 4.78 is 5.64. The van der Waals surface area contributed by atoms with Gasteiger partial charge in [0.25, 0.3) is 11.6 Å². The molecule has 160 valence electrons. The highest BCUT2D eigenvalue weighted by Crippen LogP contribution is 2.34. The number of amides is 1. The van der Waals surface area contributed by atoms with Crippen LogP contribution in [-0.4, -0.2) is 53.7 Å². The molecule has 2 aliphatic rings. The van der Waals surface area contributed by atoms with Gasteiger partial charge in [-0.05, 0) is 36.9 Å². The number of nitro benzene ring substituents is 1. The second-order valence-corrected chi connectivity index (χ2v) is 8.01. The van der Waals surface area contributed by atoms with Crippen molar-refractivity contribution in [3.05, 3.63) is 69.1 Å². The molecular formula is C22H22N4O4S. The molecule has 2 aromatic rings. The second kappa shape index (κ2) is 9.22. The molecule has 1 saturated heterocycles. The zero-order valence-electron chi connectivity index (χ0n) is 17.1. The van der Waals surface area contributed by atoms with Crippen molar-refractivity contribution in [3.8, 4) is 5.75 Å². The molecule has 31 heavy (non-hydrogen) atoms. The zero-order valence-corrected chi connectivity index (χ0v) is 17.9. The molecule has 0 bridgehead atoms. The summed E-state index contributed by atoms with van der Waals surface area (Å²) in [6.07, 6.45) is 1.82. The van der Waals surface area contributed by atoms with Gasteiger partial charge in [0.05, 0.1) is 16.4 Å². The fraction of sp³-hybridized carbons (Fsp3) is 0.273. The third-order valence-electron chi connectivity index (χ3n) is 5.08. The second-order valence-electron chi connectivity index (χ2n) is 7.00. The molecule has 0 N–H and O–H groups in total. The summed E-state index contributed by atoms with van der Waals surface area (Å²) >= 11 is 1.36. The summed E-state index contributed by atoms with van der Waals surface area (Å²) in [7, 11) is 0. The van der Waals surface area contributed by atoms with Crippen molar-refractivity contribution >= 4 is 40.3 Å². The number of hydrogen-bond donors (Lipinski definition) is 0. The minimum atomic E-state index is -0.353. The van der Waals surface area contributed by atoms with Gasteiger partial charge in [-0.25, -0.2) is 0 Å². The van der Waals surface area contributed by atoms with E-state index < -0.39 is 0 Å². The monoisotopic (exact) mass is 438 g/mol. The number of nitrogens with zero attached hydrogens (tertiary/aromatic N) is 4. The summed E-state index contributed by atoms with van der Waals surface area (Å²) in [4.78, 5) is 32.3. The number of hydrogen-bond acceptors (Lipinski definition) is 7. The topological polar surface area (TPSA) is 88.3 Å². The lowest BCUT2D eigenvalue weighted by Gasteiger charge is -2.36. The third kappa shape index (κ3) is 4.56. The average molecular weight is 439 g/mol. The largest absolute Gasteiger partial charge is 0.493 e. The van der Waals surface area contributed by atoms with Gasteiger partial charge in [0.2, 0.25) is 0 Å². The molecule has 0 aromatic heterocycles. The quantitative estimate of drug-likeness (QED) is 0.399. The van der Waals surface area contributed by atoms with E-state index in [0.29, 0.717) is 48.5 Å². The summed E-state index contributed by atoms with van der Waals surface area (Å²) in [6.45, 7) is 4.97. The van der Waals surface area contributed by atoms with Crippen molar-refractivity contribution in [2.45, 2.75) is 6.92 Å². The zero-order chi connectivity index (χ0) is 21.8. The first-order valence-corrected chi connectivity index (χ1v) is 10.9. The van der Waals surface area contributed by atoms with Crippen LogP contribution in [0, 0.1) is 10.1 Å². The van der Waals surface area contributed by atoms with Gasteiger partial charge in [0.15, 0.2) is 5.17 Å². The van der Waals surface area contributed by atoms with Crippen LogP contribution in [0.1, 0.15) is 12.5 Å². The third-order valence-corrected chi connectivity index (χ3v) is 6.13. The Morgan fingerprint density at radius 1 is 1.10 bits per heavy atom. The number of amidine groups is 1. The summed E-state index contributed by atoms with van der Waals surface area (Å²) in [5.41, 5.74) is 1.58. The fourth-order valence-electron chi connectivity index (χ4n) is 3.59. The molecule has 1 amide bonds. The van der Waals surface area contributed by atoms with E-state index in [4.69, 9.17) is 4.74 Å². The minimum absolute atomic E-state index is 0.108. The first-order chi connectivity index (χ1) is 15.1. The molecule has 0 atom stereocenters. The standard InChI is InChI=1S/C22H22N4O4S/c1-2-30-19-10-6-3-7-16(19)15-20-21(27)23-22(31-20)25-13-11-24(12-14-25)17-8-4-5-9-18(17)26(28)29/h3-10,15H,2,11-14H2,1H3/b20-15-. The van der Waals surface area contributed by atoms with E-state index in [1.165, 1.54) is 17.8 Å². The Morgan fingerprint density at radius 2 is 1.77 bits per heavy atom. The lowest BCUT2D eigenvalue weighted by atomic mass is 10.2. The number of nitro groups is 1. The summed E-state index contributed by atoms with van der Waals surface area (Å²) in [6, 6.07) is 14.4. The maximum atomic E-state index is 12.5. The highest BCUT2D eigenvalue weighted by atomic mass is 32.2. The van der Waals surface area contributed by atoms with E-state index in [1.54, 1.807) is 18.2 Å². The highest BCUT2D eigenvalue weighted by molar-refractivity contribution is 8.18. The smallest absolute Gasteiger partial charge is 0.292 e. The molecule has 4 rings (SSSR count). The first-order valence-electron chi connectivity index (χ1n) is 10.0. The van der Waals surface area contributed by atoms with Crippen LogP contribution in [0.25, 0.3) is 6.08 Å². The van der Waals surface area contributed by atoms with E-state index >= 15 is 0 Å². The van der Waals surface area contributed by atoms with E-state index in [2.05, 4.69) is 9.89 Å². The number of carbonyl (C=O) groups is 1. The molecule has 2 aromatic carbocycles. The normalized spacial score (nSPS) is 17.8. The molecule has 8 nitrogen and oxygen atoms in total. The Balaban J connectivity index is 1.43. The number of benzene rings is 2. The highest BCUT2D eigenvalue weighted by Gasteiger charge is 2.30. The molecule has 0 aliphatic carbocycles. The predicted octanol–water partition coefficient (Wildman–Crippen LogP) is 3.79. The van der Waals surface area contributed by atoms with Gasteiger partial charge in [-0.15, -0.1) is 0 Å². The first kappa shape index (κ1) is 20.9. The average Bonchev–Trinajstić information content (AvgIpc) is 3.15. The number of carbonyl (C=O) groups excluding carboxylic acids is 1. The van der Waals surface area contributed by atoms with E-state index in [1.807, 2.05) is 42.2 Å². The van der Waals surface area contributed by atoms with Gasteiger partial charge in [-0.3, -0.25) is 14.9 Å². The molecule has 0 saturated carbocycles. The van der Waals surface area contributed by atoms with E-state index in [0.717, 1.165) is 11.3 Å². The van der Waals surface area contributed by atoms with Crippen LogP contribution in [0.15, 0.2) is 58.4 Å². The van der Waals surface area contributed by atoms with Crippen molar-refractivity contribution in [1.82, 2.24) is 4.90 Å². The molecule has 2 aliphatic heterocycles. The molecule has 0 radical (unpaired) electrons. The molecule has 0 unspecified atom stereocenters. The number of thioether (sulfide) groups is 1. The van der Waals surface area contributed by atoms with Crippen molar-refractivity contribution < 1.29 is 14.5 Å². The SMILES string of the molecule is CCOc1ccccc1/C=C1\SC(N2CCN(c3ccccc3[N+](=O)[O-])CC2)=NC1=O. The Hall–Kier alpha value is -3.33. The molecule has 1 fully saturated rings. The predicted molar refractivity (Wildman–Crippen MR) is 123 cm³/mol. The number of piperazine rings is 1. The van der Waals surface area contributed by atoms with Gasteiger partial charge in [0.1, 0.15) is 11.4 Å². The van der Waals surface area contributed by atoms with Crippen LogP contribution in [0.5, 0.6) is 5.75 Å². The summed E-state index contributed by atoms with van der Waals surface area (Å²) in [5, 5.41) is 12.0. The molecule has 2 heterocycles. The molecular weight excluding hydrogens is 416 g/mol. The minimum Gasteiger partial charge on any atom is -0.493 e. The Morgan fingerprint density at radius 3 is 2.52 bits per heavy atom. The van der Waals surface area contributed by atoms with Crippen molar-refractivity contribution in [1.29, 1.82) is 0 Å². The number of rotatable bonds is 5. The fourth-order valence-corrected chi connectivity index (χ4v) is 4.54. The van der Waals surface area contributed by atoms with Gasteiger partial charge in [-0.2, -0.15) is 4.99 Å². The van der Waals surface area contributed by atoms with Gasteiger partial charge < -0.3 is 14.5 Å². The van der Waals surface area contributed by atoms with Crippen LogP contribution >= 0.6 is 11.8 Å². The maximum absolute atomic E-state index is 12.5. The van der Waals surface area contributed by atoms with E-state index in [9.17, 15) is 14.9 Å². The van der Waals surface area contributed by atoms with Crippen LogP contribution in [0.3, 0.4) is 0 Å². The van der Waals surface area contributed by atoms with Crippen LogP contribution < -0.4 is 9.64 Å². The van der Waals surface area contributed by atoms with Gasteiger partial charge in [0, 0.05) is 37.8 Å². The number of para-hydroxylation sites is 3. The lowest BCUT2D eigenvalue weighted by molar-refractivity contribution is -0.384. The van der Waals surface area contributed by atoms with Crippen LogP contribution in [0.4, 0.5) is 11.4 Å². The number of aliphatic imine (C=N–C) groups is 1. The van der Waals surface area contributed by atoms with Crippen LogP contribution in [-0.2, 0) is 4.79 Å². The Bertz CT molecular complexity index is 1060. The number of anilines is 1. The lowest BCUT2D eigenvalue weighted by Crippen LogP contribution is -2.48. The van der Waals surface area contributed by atoms with Gasteiger partial charge >= 0.3 is 0 Å². The Labute approximate surface area is 184 Å². The van der Waals surface area contributed by atoms with Crippen molar-refractivity contribution in [2.24, 2.45) is 4.99 Å². The van der Waals surface area contributed by atoms with Gasteiger partial charge in [-0.1, -0.05) is 30.3 Å². The van der Waals surface area contributed by atoms with Crippen molar-refractivity contribution in [3.63, 3.8) is 0 Å². The summed E-state index contributed by atoms with van der Waals surface area (Å²) in [5.74, 6) is 0.477. The maximum Gasteiger partial charge on any atom is 0.292 e. The Kier molecular flexibility index (Phi) is 6.22. The molecule has 9 heteroatoms. The van der Waals surface area contributed by atoms with E-state index in [-0.39, 0.29) is 16.5 Å². The molecule has 0 spiro atoms. The number of ether oxygens (including phenoxy) is 1. The van der Waals surface area contributed by atoms with Crippen molar-refractivity contribution in [2.75, 3.05) is 37.7 Å².